The lowest BCUT2D eigenvalue weighted by Crippen LogP contribution is -2.35. The summed E-state index contributed by atoms with van der Waals surface area (Å²) >= 11 is 1.59. The fraction of sp³-hybridized carbons (Fsp3) is 0.381. The molecule has 2 aromatic rings. The minimum absolute atomic E-state index is 0.0521. The summed E-state index contributed by atoms with van der Waals surface area (Å²) in [6.45, 7) is 4.72. The Morgan fingerprint density at radius 2 is 1.85 bits per heavy atom. The van der Waals surface area contributed by atoms with Gasteiger partial charge >= 0.3 is 0 Å². The van der Waals surface area contributed by atoms with Gasteiger partial charge in [-0.2, -0.15) is 0 Å². The van der Waals surface area contributed by atoms with Crippen molar-refractivity contribution in [3.8, 4) is 5.75 Å². The topological polar surface area (TPSA) is 41.6 Å². The first-order valence-electron chi connectivity index (χ1n) is 8.68. The summed E-state index contributed by atoms with van der Waals surface area (Å²) in [5, 5.41) is 3.06. The van der Waals surface area contributed by atoms with E-state index in [0.29, 0.717) is 12.3 Å². The van der Waals surface area contributed by atoms with E-state index in [0.717, 1.165) is 11.3 Å². The molecular formula is C21H28N2O2S. The van der Waals surface area contributed by atoms with Gasteiger partial charge in [0.15, 0.2) is 0 Å². The second kappa shape index (κ2) is 9.64. The van der Waals surface area contributed by atoms with Crippen LogP contribution in [-0.2, 0) is 4.79 Å². The van der Waals surface area contributed by atoms with Gasteiger partial charge in [0.2, 0.25) is 5.91 Å². The van der Waals surface area contributed by atoms with Crippen molar-refractivity contribution in [1.29, 1.82) is 0 Å². The van der Waals surface area contributed by atoms with Crippen molar-refractivity contribution in [2.75, 3.05) is 33.5 Å². The van der Waals surface area contributed by atoms with Crippen LogP contribution in [-0.4, -0.2) is 44.3 Å². The van der Waals surface area contributed by atoms with Crippen LogP contribution in [0.2, 0.25) is 0 Å². The van der Waals surface area contributed by atoms with Crippen LogP contribution in [0.25, 0.3) is 0 Å². The molecule has 26 heavy (non-hydrogen) atoms. The van der Waals surface area contributed by atoms with Gasteiger partial charge in [0.05, 0.1) is 18.9 Å². The van der Waals surface area contributed by atoms with Crippen LogP contribution in [0.1, 0.15) is 22.7 Å². The van der Waals surface area contributed by atoms with E-state index in [9.17, 15) is 4.79 Å². The van der Waals surface area contributed by atoms with Crippen LogP contribution in [0, 0.1) is 13.8 Å². The van der Waals surface area contributed by atoms with Gasteiger partial charge in [-0.25, -0.2) is 0 Å². The highest BCUT2D eigenvalue weighted by Crippen LogP contribution is 2.24. The van der Waals surface area contributed by atoms with Gasteiger partial charge in [0, 0.05) is 11.4 Å². The van der Waals surface area contributed by atoms with Crippen LogP contribution < -0.4 is 10.1 Å². The van der Waals surface area contributed by atoms with E-state index in [4.69, 9.17) is 4.74 Å². The van der Waals surface area contributed by atoms with E-state index in [1.807, 2.05) is 38.4 Å². The second-order valence-electron chi connectivity index (χ2n) is 6.61. The predicted molar refractivity (Wildman–Crippen MR) is 109 cm³/mol. The smallest absolute Gasteiger partial charge is 0.230 e. The SMILES string of the molecule is COc1ccc(C(CNC(=O)CSc2cc(C)ccc2C)N(C)C)cc1. The second-order valence-corrected chi connectivity index (χ2v) is 7.63. The third kappa shape index (κ3) is 5.78. The summed E-state index contributed by atoms with van der Waals surface area (Å²) in [6.07, 6.45) is 0. The molecule has 1 amide bonds. The first kappa shape index (κ1) is 20.3. The van der Waals surface area contributed by atoms with Crippen LogP contribution in [0.15, 0.2) is 47.4 Å². The lowest BCUT2D eigenvalue weighted by Gasteiger charge is -2.25. The maximum Gasteiger partial charge on any atom is 0.230 e. The van der Waals surface area contributed by atoms with Crippen molar-refractivity contribution in [2.45, 2.75) is 24.8 Å². The molecule has 0 aliphatic carbocycles. The van der Waals surface area contributed by atoms with Crippen LogP contribution in [0.3, 0.4) is 0 Å². The van der Waals surface area contributed by atoms with E-state index in [2.05, 4.69) is 42.3 Å². The van der Waals surface area contributed by atoms with Gasteiger partial charge in [-0.1, -0.05) is 29.8 Å². The zero-order valence-electron chi connectivity index (χ0n) is 16.2. The molecule has 0 saturated carbocycles. The molecule has 2 aromatic carbocycles. The molecule has 0 heterocycles. The first-order chi connectivity index (χ1) is 12.4. The molecule has 2 rings (SSSR count). The van der Waals surface area contributed by atoms with Gasteiger partial charge < -0.3 is 15.0 Å². The summed E-state index contributed by atoms with van der Waals surface area (Å²) < 4.78 is 5.21. The number of thioether (sulfide) groups is 1. The summed E-state index contributed by atoms with van der Waals surface area (Å²) in [5.41, 5.74) is 3.57. The number of benzene rings is 2. The normalized spacial score (nSPS) is 12.1. The maximum atomic E-state index is 12.3. The highest BCUT2D eigenvalue weighted by atomic mass is 32.2. The maximum absolute atomic E-state index is 12.3. The highest BCUT2D eigenvalue weighted by molar-refractivity contribution is 8.00. The van der Waals surface area contributed by atoms with Gasteiger partial charge in [0.25, 0.3) is 0 Å². The number of amides is 1. The fourth-order valence-corrected chi connectivity index (χ4v) is 3.65. The van der Waals surface area contributed by atoms with Crippen molar-refractivity contribution in [1.82, 2.24) is 10.2 Å². The number of methoxy groups -OCH3 is 1. The Morgan fingerprint density at radius 1 is 1.15 bits per heavy atom. The number of carbonyl (C=O) groups is 1. The minimum Gasteiger partial charge on any atom is -0.497 e. The molecule has 140 valence electrons. The number of nitrogens with zero attached hydrogens (tertiary/aromatic N) is 1. The molecule has 0 radical (unpaired) electrons. The number of hydrogen-bond donors (Lipinski definition) is 1. The standard InChI is InChI=1S/C21H28N2O2S/c1-15-6-7-16(2)20(12-15)26-14-21(24)22-13-19(23(3)4)17-8-10-18(25-5)11-9-17/h6-12,19H,13-14H2,1-5H3,(H,22,24). The average molecular weight is 373 g/mol. The average Bonchev–Trinajstić information content (AvgIpc) is 2.63. The molecule has 0 bridgehead atoms. The molecule has 5 heteroatoms. The number of aryl methyl sites for hydroxylation is 2. The Labute approximate surface area is 160 Å². The predicted octanol–water partition coefficient (Wildman–Crippen LogP) is 3.82. The van der Waals surface area contributed by atoms with E-state index >= 15 is 0 Å². The molecule has 4 nitrogen and oxygen atoms in total. The van der Waals surface area contributed by atoms with Crippen molar-refractivity contribution >= 4 is 17.7 Å². The van der Waals surface area contributed by atoms with Gasteiger partial charge in [-0.3, -0.25) is 4.79 Å². The summed E-state index contributed by atoms with van der Waals surface area (Å²) in [4.78, 5) is 15.6. The Balaban J connectivity index is 1.91. The Morgan fingerprint density at radius 3 is 2.46 bits per heavy atom. The molecule has 1 atom stereocenters. The van der Waals surface area contributed by atoms with Crippen molar-refractivity contribution < 1.29 is 9.53 Å². The lowest BCUT2D eigenvalue weighted by atomic mass is 10.1. The molecule has 1 unspecified atom stereocenters. The first-order valence-corrected chi connectivity index (χ1v) is 9.66. The Kier molecular flexibility index (Phi) is 7.54. The summed E-state index contributed by atoms with van der Waals surface area (Å²) in [7, 11) is 5.70. The third-order valence-corrected chi connectivity index (χ3v) is 5.48. The van der Waals surface area contributed by atoms with Crippen LogP contribution in [0.4, 0.5) is 0 Å². The number of nitrogens with one attached hydrogen (secondary N) is 1. The number of likely N-dealkylation sites (N-methyl/N-ethyl adjacent to an activating group) is 1. The van der Waals surface area contributed by atoms with Crippen LogP contribution >= 0.6 is 11.8 Å². The molecule has 0 aromatic heterocycles. The van der Waals surface area contributed by atoms with Crippen molar-refractivity contribution in [2.24, 2.45) is 0 Å². The Bertz CT molecular complexity index is 729. The van der Waals surface area contributed by atoms with Gasteiger partial charge in [0.1, 0.15) is 5.75 Å². The Hall–Kier alpha value is -1.98. The number of ether oxygens (including phenoxy) is 1. The molecular weight excluding hydrogens is 344 g/mol. The van der Waals surface area contributed by atoms with Gasteiger partial charge in [-0.15, -0.1) is 11.8 Å². The largest absolute Gasteiger partial charge is 0.497 e. The molecule has 0 aliphatic heterocycles. The molecule has 0 spiro atoms. The zero-order chi connectivity index (χ0) is 19.1. The van der Waals surface area contributed by atoms with E-state index in [-0.39, 0.29) is 11.9 Å². The highest BCUT2D eigenvalue weighted by Gasteiger charge is 2.15. The van der Waals surface area contributed by atoms with E-state index < -0.39 is 0 Å². The summed E-state index contributed by atoms with van der Waals surface area (Å²) in [5.74, 6) is 1.31. The van der Waals surface area contributed by atoms with Crippen molar-refractivity contribution in [3.63, 3.8) is 0 Å². The van der Waals surface area contributed by atoms with E-state index in [1.165, 1.54) is 16.0 Å². The zero-order valence-corrected chi connectivity index (χ0v) is 17.0. The van der Waals surface area contributed by atoms with Crippen LogP contribution in [0.5, 0.6) is 5.75 Å². The van der Waals surface area contributed by atoms with E-state index in [1.54, 1.807) is 18.9 Å². The van der Waals surface area contributed by atoms with Crippen molar-refractivity contribution in [3.05, 3.63) is 59.2 Å². The third-order valence-electron chi connectivity index (χ3n) is 4.32. The number of hydrogen-bond acceptors (Lipinski definition) is 4. The number of carbonyl (C=O) groups excluding carboxylic acids is 1. The quantitative estimate of drug-likeness (QED) is 0.715. The fourth-order valence-electron chi connectivity index (χ4n) is 2.69. The number of rotatable bonds is 8. The lowest BCUT2D eigenvalue weighted by molar-refractivity contribution is -0.118. The summed E-state index contributed by atoms with van der Waals surface area (Å²) in [6, 6.07) is 14.4. The molecule has 0 fully saturated rings. The minimum atomic E-state index is 0.0521. The molecule has 0 saturated heterocycles. The monoisotopic (exact) mass is 372 g/mol. The van der Waals surface area contributed by atoms with Gasteiger partial charge in [-0.05, 0) is 57.3 Å². The molecule has 1 N–H and O–H groups in total. The molecule has 0 aliphatic rings.